The monoisotopic (exact) mass is 387 g/mol. The third kappa shape index (κ3) is 4.64. The molecule has 0 bridgehead atoms. The predicted octanol–water partition coefficient (Wildman–Crippen LogP) is 3.71. The first-order chi connectivity index (χ1) is 13.3. The summed E-state index contributed by atoms with van der Waals surface area (Å²) in [5.41, 5.74) is 1.43. The van der Waals surface area contributed by atoms with Gasteiger partial charge >= 0.3 is 12.1 Å². The number of hydrogen-bond donors (Lipinski definition) is 0. The van der Waals surface area contributed by atoms with Crippen molar-refractivity contribution in [2.75, 3.05) is 19.7 Å². The second kappa shape index (κ2) is 8.20. The van der Waals surface area contributed by atoms with Crippen molar-refractivity contribution < 1.29 is 19.1 Å². The van der Waals surface area contributed by atoms with Crippen LogP contribution in [0, 0.1) is 0 Å². The van der Waals surface area contributed by atoms with Crippen molar-refractivity contribution in [2.45, 2.75) is 58.6 Å². The van der Waals surface area contributed by atoms with Gasteiger partial charge in [-0.15, -0.1) is 0 Å². The standard InChI is InChI=1S/C21H29N3O4/c1-5-27-18(25)14-24-17-9-7-6-8-16(17)19(22-24)15-10-12-23(13-11-15)20(26)28-21(2,3)4/h6-9,15H,5,10-14H2,1-4H3. The summed E-state index contributed by atoms with van der Waals surface area (Å²) in [4.78, 5) is 26.0. The van der Waals surface area contributed by atoms with Gasteiger partial charge in [-0.3, -0.25) is 9.48 Å². The Morgan fingerprint density at radius 3 is 2.50 bits per heavy atom. The minimum absolute atomic E-state index is 0.102. The molecule has 0 N–H and O–H groups in total. The topological polar surface area (TPSA) is 73.7 Å². The second-order valence-corrected chi connectivity index (χ2v) is 8.11. The molecule has 0 unspecified atom stereocenters. The van der Waals surface area contributed by atoms with Crippen molar-refractivity contribution in [2.24, 2.45) is 0 Å². The highest BCUT2D eigenvalue weighted by atomic mass is 16.6. The number of benzene rings is 1. The highest BCUT2D eigenvalue weighted by molar-refractivity contribution is 5.84. The lowest BCUT2D eigenvalue weighted by Gasteiger charge is -2.33. The van der Waals surface area contributed by atoms with E-state index in [1.807, 2.05) is 45.0 Å². The number of aromatic nitrogens is 2. The number of ether oxygens (including phenoxy) is 2. The lowest BCUT2D eigenvalue weighted by molar-refractivity contribution is -0.143. The summed E-state index contributed by atoms with van der Waals surface area (Å²) in [6.45, 7) is 9.15. The maximum Gasteiger partial charge on any atom is 0.410 e. The zero-order chi connectivity index (χ0) is 20.3. The third-order valence-electron chi connectivity index (χ3n) is 4.80. The largest absolute Gasteiger partial charge is 0.465 e. The quantitative estimate of drug-likeness (QED) is 0.748. The number of rotatable bonds is 4. The van der Waals surface area contributed by atoms with Crippen molar-refractivity contribution in [1.29, 1.82) is 0 Å². The van der Waals surface area contributed by atoms with Crippen LogP contribution in [-0.2, 0) is 20.8 Å². The molecule has 0 radical (unpaired) electrons. The van der Waals surface area contributed by atoms with Gasteiger partial charge in [-0.25, -0.2) is 4.79 Å². The van der Waals surface area contributed by atoms with Gasteiger partial charge in [0, 0.05) is 24.4 Å². The van der Waals surface area contributed by atoms with E-state index in [2.05, 4.69) is 0 Å². The Hall–Kier alpha value is -2.57. The average molecular weight is 387 g/mol. The van der Waals surface area contributed by atoms with Gasteiger partial charge in [0.15, 0.2) is 0 Å². The fourth-order valence-electron chi connectivity index (χ4n) is 3.57. The molecular weight excluding hydrogens is 358 g/mol. The lowest BCUT2D eigenvalue weighted by Crippen LogP contribution is -2.41. The molecule has 3 rings (SSSR count). The molecule has 1 aliphatic heterocycles. The van der Waals surface area contributed by atoms with Crippen LogP contribution in [0.15, 0.2) is 24.3 Å². The van der Waals surface area contributed by atoms with Gasteiger partial charge in [-0.2, -0.15) is 5.10 Å². The van der Waals surface area contributed by atoms with Gasteiger partial charge in [-0.1, -0.05) is 18.2 Å². The smallest absolute Gasteiger partial charge is 0.410 e. The molecule has 28 heavy (non-hydrogen) atoms. The molecule has 2 aromatic rings. The van der Waals surface area contributed by atoms with Crippen molar-refractivity contribution in [3.05, 3.63) is 30.0 Å². The average Bonchev–Trinajstić information content (AvgIpc) is 2.99. The summed E-state index contributed by atoms with van der Waals surface area (Å²) in [6.07, 6.45) is 1.38. The van der Waals surface area contributed by atoms with E-state index < -0.39 is 5.60 Å². The third-order valence-corrected chi connectivity index (χ3v) is 4.80. The molecule has 1 fully saturated rings. The van der Waals surface area contributed by atoms with Gasteiger partial charge < -0.3 is 14.4 Å². The van der Waals surface area contributed by atoms with E-state index >= 15 is 0 Å². The zero-order valence-corrected chi connectivity index (χ0v) is 17.1. The summed E-state index contributed by atoms with van der Waals surface area (Å²) in [5, 5.41) is 5.80. The first-order valence-electron chi connectivity index (χ1n) is 9.87. The Balaban J connectivity index is 1.74. The van der Waals surface area contributed by atoms with Crippen LogP contribution in [0.2, 0.25) is 0 Å². The Morgan fingerprint density at radius 1 is 1.18 bits per heavy atom. The fourth-order valence-corrected chi connectivity index (χ4v) is 3.57. The molecule has 7 nitrogen and oxygen atoms in total. The van der Waals surface area contributed by atoms with E-state index in [1.54, 1.807) is 16.5 Å². The van der Waals surface area contributed by atoms with Crippen LogP contribution >= 0.6 is 0 Å². The van der Waals surface area contributed by atoms with E-state index in [0.717, 1.165) is 29.4 Å². The first kappa shape index (κ1) is 20.2. The van der Waals surface area contributed by atoms with Crippen LogP contribution in [-0.4, -0.2) is 52.0 Å². The number of para-hydroxylation sites is 1. The number of fused-ring (bicyclic) bond motifs is 1. The normalized spacial score (nSPS) is 15.6. The summed E-state index contributed by atoms with van der Waals surface area (Å²) in [7, 11) is 0. The second-order valence-electron chi connectivity index (χ2n) is 8.11. The van der Waals surface area contributed by atoms with Crippen LogP contribution < -0.4 is 0 Å². The zero-order valence-electron chi connectivity index (χ0n) is 17.1. The molecule has 1 aromatic carbocycles. The number of likely N-dealkylation sites (tertiary alicyclic amines) is 1. The molecular formula is C21H29N3O4. The summed E-state index contributed by atoms with van der Waals surface area (Å²) in [6, 6.07) is 7.94. The highest BCUT2D eigenvalue weighted by Crippen LogP contribution is 2.33. The number of nitrogens with zero attached hydrogens (tertiary/aromatic N) is 3. The molecule has 0 saturated carbocycles. The molecule has 0 aliphatic carbocycles. The predicted molar refractivity (Wildman–Crippen MR) is 106 cm³/mol. The molecule has 1 aromatic heterocycles. The number of carbonyl (C=O) groups excluding carboxylic acids is 2. The molecule has 7 heteroatoms. The Morgan fingerprint density at radius 2 is 1.86 bits per heavy atom. The minimum Gasteiger partial charge on any atom is -0.465 e. The number of esters is 1. The molecule has 152 valence electrons. The Labute approximate surface area is 165 Å². The number of piperidine rings is 1. The van der Waals surface area contributed by atoms with E-state index in [1.165, 1.54) is 0 Å². The van der Waals surface area contributed by atoms with Crippen molar-refractivity contribution in [1.82, 2.24) is 14.7 Å². The van der Waals surface area contributed by atoms with Gasteiger partial charge in [-0.05, 0) is 46.6 Å². The molecule has 1 saturated heterocycles. The van der Waals surface area contributed by atoms with Crippen LogP contribution in [0.4, 0.5) is 4.79 Å². The Bertz CT molecular complexity index is 845. The lowest BCUT2D eigenvalue weighted by atomic mass is 9.92. The van der Waals surface area contributed by atoms with E-state index in [-0.39, 0.29) is 24.5 Å². The molecule has 1 amide bonds. The van der Waals surface area contributed by atoms with E-state index in [4.69, 9.17) is 14.6 Å². The summed E-state index contributed by atoms with van der Waals surface area (Å²) in [5.74, 6) is -0.0471. The van der Waals surface area contributed by atoms with Crippen molar-refractivity contribution in [3.8, 4) is 0 Å². The fraction of sp³-hybridized carbons (Fsp3) is 0.571. The minimum atomic E-state index is -0.490. The van der Waals surface area contributed by atoms with Crippen LogP contribution in [0.1, 0.15) is 52.1 Å². The van der Waals surface area contributed by atoms with Crippen LogP contribution in [0.3, 0.4) is 0 Å². The Kier molecular flexibility index (Phi) is 5.91. The van der Waals surface area contributed by atoms with Crippen LogP contribution in [0.5, 0.6) is 0 Å². The number of hydrogen-bond acceptors (Lipinski definition) is 5. The maximum atomic E-state index is 12.3. The van der Waals surface area contributed by atoms with E-state index in [9.17, 15) is 9.59 Å². The van der Waals surface area contributed by atoms with Gasteiger partial charge in [0.05, 0.1) is 17.8 Å². The van der Waals surface area contributed by atoms with Crippen LogP contribution in [0.25, 0.3) is 10.9 Å². The number of carbonyl (C=O) groups is 2. The SMILES string of the molecule is CCOC(=O)Cn1nc(C2CCN(C(=O)OC(C)(C)C)CC2)c2ccccc21. The van der Waals surface area contributed by atoms with Gasteiger partial charge in [0.2, 0.25) is 0 Å². The van der Waals surface area contributed by atoms with E-state index in [0.29, 0.717) is 19.7 Å². The molecule has 2 heterocycles. The molecule has 0 atom stereocenters. The van der Waals surface area contributed by atoms with Gasteiger partial charge in [0.1, 0.15) is 12.1 Å². The number of amides is 1. The molecule has 1 aliphatic rings. The van der Waals surface area contributed by atoms with Crippen molar-refractivity contribution in [3.63, 3.8) is 0 Å². The summed E-state index contributed by atoms with van der Waals surface area (Å²) < 4.78 is 12.3. The molecule has 0 spiro atoms. The van der Waals surface area contributed by atoms with Gasteiger partial charge in [0.25, 0.3) is 0 Å². The highest BCUT2D eigenvalue weighted by Gasteiger charge is 2.29. The van der Waals surface area contributed by atoms with Crippen molar-refractivity contribution >= 4 is 23.0 Å². The maximum absolute atomic E-state index is 12.3. The summed E-state index contributed by atoms with van der Waals surface area (Å²) >= 11 is 0. The first-order valence-corrected chi connectivity index (χ1v) is 9.87.